The standard InChI is InChI=1S/C17H11N3O5/c21-16(9-4-12-2-1-3-14(10-12)20(22)23)25-15-7-5-13(6-8-15)17-19-18-11-24-17/h1-11H/b9-4+. The Bertz CT molecular complexity index is 918. The lowest BCUT2D eigenvalue weighted by Gasteiger charge is -2.01. The first-order valence-electron chi connectivity index (χ1n) is 7.13. The molecule has 25 heavy (non-hydrogen) atoms. The Morgan fingerprint density at radius 2 is 2.00 bits per heavy atom. The van der Waals surface area contributed by atoms with Gasteiger partial charge in [0.25, 0.3) is 5.69 Å². The molecule has 2 aromatic carbocycles. The summed E-state index contributed by atoms with van der Waals surface area (Å²) in [5.74, 6) is 0.109. The van der Waals surface area contributed by atoms with E-state index in [-0.39, 0.29) is 5.69 Å². The van der Waals surface area contributed by atoms with E-state index in [0.29, 0.717) is 22.8 Å². The quantitative estimate of drug-likeness (QED) is 0.231. The molecule has 0 unspecified atom stereocenters. The maximum atomic E-state index is 11.8. The number of hydrogen-bond acceptors (Lipinski definition) is 7. The SMILES string of the molecule is O=C(/C=C/c1cccc([N+](=O)[O-])c1)Oc1ccc(-c2nnco2)cc1. The molecule has 0 N–H and O–H groups in total. The van der Waals surface area contributed by atoms with Gasteiger partial charge in [0, 0.05) is 23.8 Å². The van der Waals surface area contributed by atoms with Crippen molar-refractivity contribution in [2.24, 2.45) is 0 Å². The molecule has 0 bridgehead atoms. The minimum absolute atomic E-state index is 0.0490. The Morgan fingerprint density at radius 3 is 2.68 bits per heavy atom. The van der Waals surface area contributed by atoms with Crippen LogP contribution in [0.15, 0.2) is 65.4 Å². The number of rotatable bonds is 5. The van der Waals surface area contributed by atoms with Gasteiger partial charge in [-0.2, -0.15) is 0 Å². The molecule has 8 heteroatoms. The third-order valence-corrected chi connectivity index (χ3v) is 3.17. The number of benzene rings is 2. The number of nitro benzene ring substituents is 1. The Balaban J connectivity index is 1.64. The van der Waals surface area contributed by atoms with E-state index in [9.17, 15) is 14.9 Å². The fourth-order valence-electron chi connectivity index (χ4n) is 2.02. The lowest BCUT2D eigenvalue weighted by atomic mass is 10.2. The molecule has 0 spiro atoms. The van der Waals surface area contributed by atoms with Crippen LogP contribution in [0, 0.1) is 10.1 Å². The van der Waals surface area contributed by atoms with Crippen LogP contribution >= 0.6 is 0 Å². The Labute approximate surface area is 141 Å². The van der Waals surface area contributed by atoms with Crippen LogP contribution in [0.4, 0.5) is 5.69 Å². The highest BCUT2D eigenvalue weighted by atomic mass is 16.6. The highest BCUT2D eigenvalue weighted by molar-refractivity contribution is 5.88. The van der Waals surface area contributed by atoms with E-state index >= 15 is 0 Å². The molecule has 1 heterocycles. The molecular formula is C17H11N3O5. The summed E-state index contributed by atoms with van der Waals surface area (Å²) in [6.07, 6.45) is 3.87. The summed E-state index contributed by atoms with van der Waals surface area (Å²) in [6, 6.07) is 12.5. The van der Waals surface area contributed by atoms with Crippen LogP contribution in [-0.2, 0) is 4.79 Å². The molecule has 0 amide bonds. The molecule has 0 aliphatic heterocycles. The van der Waals surface area contributed by atoms with Crippen molar-refractivity contribution in [3.8, 4) is 17.2 Å². The predicted octanol–water partition coefficient (Wildman–Crippen LogP) is 3.26. The smallest absolute Gasteiger partial charge is 0.336 e. The predicted molar refractivity (Wildman–Crippen MR) is 87.5 cm³/mol. The van der Waals surface area contributed by atoms with Crippen molar-refractivity contribution in [3.05, 3.63) is 76.7 Å². The molecule has 0 saturated carbocycles. The van der Waals surface area contributed by atoms with Gasteiger partial charge in [0.1, 0.15) is 5.75 Å². The van der Waals surface area contributed by atoms with Crippen LogP contribution in [0.1, 0.15) is 5.56 Å². The number of carbonyl (C=O) groups excluding carboxylic acids is 1. The average molecular weight is 337 g/mol. The monoisotopic (exact) mass is 337 g/mol. The zero-order valence-electron chi connectivity index (χ0n) is 12.7. The first-order valence-corrected chi connectivity index (χ1v) is 7.13. The number of hydrogen-bond donors (Lipinski definition) is 0. The second-order valence-electron chi connectivity index (χ2n) is 4.87. The molecule has 1 aromatic heterocycles. The van der Waals surface area contributed by atoms with Crippen molar-refractivity contribution in [1.82, 2.24) is 10.2 Å². The van der Waals surface area contributed by atoms with Crippen LogP contribution in [0.5, 0.6) is 5.75 Å². The number of nitro groups is 1. The van der Waals surface area contributed by atoms with Crippen LogP contribution in [-0.4, -0.2) is 21.1 Å². The van der Waals surface area contributed by atoms with Gasteiger partial charge in [0.05, 0.1) is 4.92 Å². The van der Waals surface area contributed by atoms with Crippen molar-refractivity contribution < 1.29 is 18.9 Å². The summed E-state index contributed by atoms with van der Waals surface area (Å²) >= 11 is 0. The zero-order chi connectivity index (χ0) is 17.6. The van der Waals surface area contributed by atoms with Crippen molar-refractivity contribution >= 4 is 17.7 Å². The molecule has 3 aromatic rings. The Morgan fingerprint density at radius 1 is 1.20 bits per heavy atom. The van der Waals surface area contributed by atoms with E-state index in [2.05, 4.69) is 10.2 Å². The van der Waals surface area contributed by atoms with E-state index in [0.717, 1.165) is 0 Å². The molecule has 0 atom stereocenters. The van der Waals surface area contributed by atoms with Crippen molar-refractivity contribution in [1.29, 1.82) is 0 Å². The Kier molecular flexibility index (Phi) is 4.61. The minimum atomic E-state index is -0.600. The third kappa shape index (κ3) is 4.14. The van der Waals surface area contributed by atoms with Gasteiger partial charge in [0.2, 0.25) is 12.3 Å². The number of aromatic nitrogens is 2. The lowest BCUT2D eigenvalue weighted by Crippen LogP contribution is -2.03. The van der Waals surface area contributed by atoms with E-state index in [1.54, 1.807) is 36.4 Å². The highest BCUT2D eigenvalue weighted by Crippen LogP contribution is 2.20. The molecule has 0 fully saturated rings. The van der Waals surface area contributed by atoms with Gasteiger partial charge in [0.15, 0.2) is 0 Å². The topological polar surface area (TPSA) is 108 Å². The van der Waals surface area contributed by atoms with E-state index in [4.69, 9.17) is 9.15 Å². The molecule has 0 aliphatic rings. The van der Waals surface area contributed by atoms with Gasteiger partial charge < -0.3 is 9.15 Å². The van der Waals surface area contributed by atoms with Gasteiger partial charge in [-0.25, -0.2) is 4.79 Å². The minimum Gasteiger partial charge on any atom is -0.423 e. The van der Waals surface area contributed by atoms with Crippen molar-refractivity contribution in [3.63, 3.8) is 0 Å². The van der Waals surface area contributed by atoms with Gasteiger partial charge in [-0.15, -0.1) is 10.2 Å². The maximum absolute atomic E-state index is 11.8. The first kappa shape index (κ1) is 16.1. The van der Waals surface area contributed by atoms with E-state index in [1.807, 2.05) is 0 Å². The summed E-state index contributed by atoms with van der Waals surface area (Å²) in [5, 5.41) is 18.1. The van der Waals surface area contributed by atoms with Gasteiger partial charge in [-0.1, -0.05) is 12.1 Å². The second kappa shape index (κ2) is 7.18. The summed E-state index contributed by atoms with van der Waals surface area (Å²) < 4.78 is 10.2. The Hall–Kier alpha value is -3.81. The first-order chi connectivity index (χ1) is 12.1. The molecule has 0 saturated heterocycles. The normalized spacial score (nSPS) is 10.7. The number of esters is 1. The van der Waals surface area contributed by atoms with E-state index in [1.165, 1.54) is 30.7 Å². The third-order valence-electron chi connectivity index (χ3n) is 3.17. The molecule has 0 radical (unpaired) electrons. The number of non-ortho nitro benzene ring substituents is 1. The molecule has 3 rings (SSSR count). The fourth-order valence-corrected chi connectivity index (χ4v) is 2.02. The highest BCUT2D eigenvalue weighted by Gasteiger charge is 2.06. The molecule has 8 nitrogen and oxygen atoms in total. The molecule has 124 valence electrons. The summed E-state index contributed by atoms with van der Waals surface area (Å²) in [7, 11) is 0. The lowest BCUT2D eigenvalue weighted by molar-refractivity contribution is -0.384. The number of ether oxygens (including phenoxy) is 1. The van der Waals surface area contributed by atoms with E-state index < -0.39 is 10.9 Å². The number of nitrogens with zero attached hydrogens (tertiary/aromatic N) is 3. The van der Waals surface area contributed by atoms with Gasteiger partial charge in [-0.3, -0.25) is 10.1 Å². The van der Waals surface area contributed by atoms with Crippen LogP contribution in [0.25, 0.3) is 17.5 Å². The van der Waals surface area contributed by atoms with Gasteiger partial charge >= 0.3 is 5.97 Å². The maximum Gasteiger partial charge on any atom is 0.336 e. The number of carbonyl (C=O) groups is 1. The largest absolute Gasteiger partial charge is 0.423 e. The molecule has 0 aliphatic carbocycles. The van der Waals surface area contributed by atoms with Crippen molar-refractivity contribution in [2.45, 2.75) is 0 Å². The average Bonchev–Trinajstić information content (AvgIpc) is 3.15. The summed E-state index contributed by atoms with van der Waals surface area (Å²) in [4.78, 5) is 22.1. The van der Waals surface area contributed by atoms with Crippen molar-refractivity contribution in [2.75, 3.05) is 0 Å². The zero-order valence-corrected chi connectivity index (χ0v) is 12.7. The summed E-state index contributed by atoms with van der Waals surface area (Å²) in [6.45, 7) is 0. The second-order valence-corrected chi connectivity index (χ2v) is 4.87. The fraction of sp³-hybridized carbons (Fsp3) is 0. The molecular weight excluding hydrogens is 326 g/mol. The van der Waals surface area contributed by atoms with Crippen LogP contribution in [0.3, 0.4) is 0 Å². The summed E-state index contributed by atoms with van der Waals surface area (Å²) in [5.41, 5.74) is 1.18. The van der Waals surface area contributed by atoms with Gasteiger partial charge in [-0.05, 0) is 35.9 Å². The van der Waals surface area contributed by atoms with Crippen LogP contribution in [0.2, 0.25) is 0 Å². The van der Waals surface area contributed by atoms with Crippen LogP contribution < -0.4 is 4.74 Å².